The lowest BCUT2D eigenvalue weighted by atomic mass is 10.2. The Hall–Kier alpha value is -1.56. The minimum Gasteiger partial charge on any atom is -0.487 e. The second-order valence-electron chi connectivity index (χ2n) is 4.61. The molecule has 0 radical (unpaired) electrons. The summed E-state index contributed by atoms with van der Waals surface area (Å²) in [7, 11) is -3.46. The number of ether oxygens (including phenoxy) is 1. The second-order valence-corrected chi connectivity index (χ2v) is 6.74. The molecule has 0 saturated heterocycles. The summed E-state index contributed by atoms with van der Waals surface area (Å²) in [5.74, 6) is -1.16. The summed E-state index contributed by atoms with van der Waals surface area (Å²) in [5.41, 5.74) is -0.0820. The number of sulfone groups is 1. The highest BCUT2D eigenvalue weighted by molar-refractivity contribution is 7.92. The van der Waals surface area contributed by atoms with Crippen LogP contribution in [0.3, 0.4) is 0 Å². The summed E-state index contributed by atoms with van der Waals surface area (Å²) in [6, 6.07) is 4.23. The molecule has 3 rings (SSSR count). The van der Waals surface area contributed by atoms with Gasteiger partial charge >= 0.3 is 5.97 Å². The van der Waals surface area contributed by atoms with Gasteiger partial charge < -0.3 is 9.84 Å². The maximum Gasteiger partial charge on any atom is 0.339 e. The SMILES string of the molecule is C.O=C(O)c1cccc2c1OC1CCCC1S2(=O)=O. The van der Waals surface area contributed by atoms with E-state index in [1.807, 2.05) is 0 Å². The fraction of sp³-hybridized carbons (Fsp3) is 0.462. The molecule has 0 aromatic heterocycles. The number of rotatable bonds is 1. The highest BCUT2D eigenvalue weighted by Crippen LogP contribution is 2.42. The Kier molecular flexibility index (Phi) is 3.30. The van der Waals surface area contributed by atoms with E-state index in [0.29, 0.717) is 12.8 Å². The van der Waals surface area contributed by atoms with Gasteiger partial charge in [0, 0.05) is 0 Å². The van der Waals surface area contributed by atoms with Gasteiger partial charge in [0.05, 0.1) is 0 Å². The lowest BCUT2D eigenvalue weighted by Gasteiger charge is -2.29. The van der Waals surface area contributed by atoms with Crippen molar-refractivity contribution in [3.8, 4) is 5.75 Å². The van der Waals surface area contributed by atoms with Gasteiger partial charge in [0.1, 0.15) is 21.8 Å². The number of hydrogen-bond acceptors (Lipinski definition) is 4. The molecule has 1 aliphatic heterocycles. The average molecular weight is 284 g/mol. The molecule has 1 aromatic rings. The van der Waals surface area contributed by atoms with Gasteiger partial charge in [-0.3, -0.25) is 0 Å². The maximum absolute atomic E-state index is 12.4. The lowest BCUT2D eigenvalue weighted by Crippen LogP contribution is -2.38. The van der Waals surface area contributed by atoms with Crippen molar-refractivity contribution in [2.24, 2.45) is 0 Å². The topological polar surface area (TPSA) is 80.7 Å². The molecule has 2 aliphatic rings. The van der Waals surface area contributed by atoms with Gasteiger partial charge in [-0.25, -0.2) is 13.2 Å². The molecule has 1 fully saturated rings. The molecule has 1 aromatic carbocycles. The van der Waals surface area contributed by atoms with Crippen molar-refractivity contribution < 1.29 is 23.1 Å². The van der Waals surface area contributed by atoms with Crippen molar-refractivity contribution >= 4 is 15.8 Å². The molecule has 1 heterocycles. The van der Waals surface area contributed by atoms with Gasteiger partial charge in [-0.2, -0.15) is 0 Å². The van der Waals surface area contributed by atoms with E-state index < -0.39 is 27.2 Å². The zero-order chi connectivity index (χ0) is 12.9. The molecule has 0 spiro atoms. The van der Waals surface area contributed by atoms with Crippen molar-refractivity contribution in [1.82, 2.24) is 0 Å². The zero-order valence-corrected chi connectivity index (χ0v) is 10.3. The predicted octanol–water partition coefficient (Wildman–Crippen LogP) is 2.11. The minimum atomic E-state index is -3.46. The van der Waals surface area contributed by atoms with E-state index in [1.165, 1.54) is 18.2 Å². The van der Waals surface area contributed by atoms with Crippen LogP contribution in [-0.4, -0.2) is 30.8 Å². The van der Waals surface area contributed by atoms with E-state index in [9.17, 15) is 13.2 Å². The van der Waals surface area contributed by atoms with Crippen molar-refractivity contribution in [2.45, 2.75) is 42.9 Å². The number of para-hydroxylation sites is 1. The van der Waals surface area contributed by atoms with Crippen LogP contribution >= 0.6 is 0 Å². The molecule has 0 amide bonds. The number of benzene rings is 1. The van der Waals surface area contributed by atoms with Gasteiger partial charge in [-0.1, -0.05) is 13.5 Å². The fourth-order valence-corrected chi connectivity index (χ4v) is 4.81. The van der Waals surface area contributed by atoms with Crippen molar-refractivity contribution in [3.05, 3.63) is 23.8 Å². The summed E-state index contributed by atoms with van der Waals surface area (Å²) in [6.45, 7) is 0. The quantitative estimate of drug-likeness (QED) is 0.854. The van der Waals surface area contributed by atoms with Crippen LogP contribution in [0.2, 0.25) is 0 Å². The Morgan fingerprint density at radius 1 is 1.32 bits per heavy atom. The number of carboxylic acid groups (broad SMARTS) is 1. The summed E-state index contributed by atoms with van der Waals surface area (Å²) in [6.07, 6.45) is 1.65. The van der Waals surface area contributed by atoms with E-state index in [4.69, 9.17) is 9.84 Å². The number of hydrogen-bond donors (Lipinski definition) is 1. The summed E-state index contributed by atoms with van der Waals surface area (Å²) in [5, 5.41) is 8.56. The first kappa shape index (κ1) is 13.9. The number of aromatic carboxylic acids is 1. The Bertz CT molecular complexity index is 620. The molecule has 2 unspecified atom stereocenters. The van der Waals surface area contributed by atoms with Gasteiger partial charge in [0.2, 0.25) is 0 Å². The first-order valence-corrected chi connectivity index (χ1v) is 7.33. The largest absolute Gasteiger partial charge is 0.487 e. The third-order valence-electron chi connectivity index (χ3n) is 3.58. The maximum atomic E-state index is 12.4. The van der Waals surface area contributed by atoms with Gasteiger partial charge in [-0.05, 0) is 31.4 Å². The molecule has 1 saturated carbocycles. The molecule has 0 bridgehead atoms. The van der Waals surface area contributed by atoms with E-state index >= 15 is 0 Å². The Labute approximate surface area is 112 Å². The Morgan fingerprint density at radius 3 is 2.74 bits per heavy atom. The first-order valence-electron chi connectivity index (χ1n) is 5.78. The fourth-order valence-electron chi connectivity index (χ4n) is 2.73. The zero-order valence-electron chi connectivity index (χ0n) is 9.50. The van der Waals surface area contributed by atoms with Crippen LogP contribution in [0.4, 0.5) is 0 Å². The predicted molar refractivity (Wildman–Crippen MR) is 69.4 cm³/mol. The first-order chi connectivity index (χ1) is 8.51. The molecule has 19 heavy (non-hydrogen) atoms. The summed E-state index contributed by atoms with van der Waals surface area (Å²) >= 11 is 0. The van der Waals surface area contributed by atoms with Crippen LogP contribution in [0.25, 0.3) is 0 Å². The molecule has 104 valence electrons. The van der Waals surface area contributed by atoms with Gasteiger partial charge in [0.25, 0.3) is 0 Å². The van der Waals surface area contributed by atoms with Gasteiger partial charge in [0.15, 0.2) is 15.6 Å². The van der Waals surface area contributed by atoms with Crippen molar-refractivity contribution in [2.75, 3.05) is 0 Å². The van der Waals surface area contributed by atoms with Crippen LogP contribution in [0.1, 0.15) is 37.0 Å². The average Bonchev–Trinajstić information content (AvgIpc) is 2.77. The normalized spacial score (nSPS) is 26.5. The monoisotopic (exact) mass is 284 g/mol. The van der Waals surface area contributed by atoms with Gasteiger partial charge in [-0.15, -0.1) is 0 Å². The molecule has 1 N–H and O–H groups in total. The molecule has 1 aliphatic carbocycles. The van der Waals surface area contributed by atoms with Crippen molar-refractivity contribution in [1.29, 1.82) is 0 Å². The molecule has 2 atom stereocenters. The summed E-state index contributed by atoms with van der Waals surface area (Å²) < 4.78 is 30.4. The van der Waals surface area contributed by atoms with Crippen LogP contribution in [0, 0.1) is 0 Å². The third-order valence-corrected chi connectivity index (χ3v) is 5.85. The summed E-state index contributed by atoms with van der Waals surface area (Å²) in [4.78, 5) is 11.1. The van der Waals surface area contributed by atoms with Crippen LogP contribution in [0.5, 0.6) is 5.75 Å². The Balaban J connectivity index is 0.00000133. The Morgan fingerprint density at radius 2 is 2.05 bits per heavy atom. The van der Waals surface area contributed by atoms with Crippen molar-refractivity contribution in [3.63, 3.8) is 0 Å². The highest BCUT2D eigenvalue weighted by atomic mass is 32.2. The molecule has 6 heteroatoms. The van der Waals surface area contributed by atoms with E-state index in [0.717, 1.165) is 6.42 Å². The highest BCUT2D eigenvalue weighted by Gasteiger charge is 2.46. The molecular formula is C13H16O5S. The van der Waals surface area contributed by atoms with Crippen LogP contribution < -0.4 is 4.74 Å². The molecular weight excluding hydrogens is 268 g/mol. The third kappa shape index (κ3) is 1.90. The standard InChI is InChI=1S/C12H12O5S.CH4/c13-12(14)7-3-1-6-10-11(7)17-8-4-2-5-9(8)18(10,15)16;/h1,3,6,8-9H,2,4-5H2,(H,13,14);1H4. The van der Waals surface area contributed by atoms with Crippen LogP contribution in [-0.2, 0) is 9.84 Å². The minimum absolute atomic E-state index is 0. The smallest absolute Gasteiger partial charge is 0.339 e. The number of carbonyl (C=O) groups is 1. The van der Waals surface area contributed by atoms with E-state index in [-0.39, 0.29) is 23.6 Å². The van der Waals surface area contributed by atoms with E-state index in [1.54, 1.807) is 0 Å². The second kappa shape index (κ2) is 4.52. The van der Waals surface area contributed by atoms with Crippen LogP contribution in [0.15, 0.2) is 23.1 Å². The lowest BCUT2D eigenvalue weighted by molar-refractivity contribution is 0.0687. The number of fused-ring (bicyclic) bond motifs is 2. The molecule has 5 nitrogen and oxygen atoms in total. The van der Waals surface area contributed by atoms with E-state index in [2.05, 4.69) is 0 Å². The number of carboxylic acids is 1.